The molecule has 0 saturated heterocycles. The van der Waals surface area contributed by atoms with Gasteiger partial charge in [0, 0.05) is 0 Å². The smallest absolute Gasteiger partial charge is 0.345 e. The van der Waals surface area contributed by atoms with Crippen LogP contribution < -0.4 is 15.0 Å². The zero-order valence-electron chi connectivity index (χ0n) is 10.3. The van der Waals surface area contributed by atoms with Crippen molar-refractivity contribution >= 4 is 18.0 Å². The second-order valence-electron chi connectivity index (χ2n) is 3.07. The van der Waals surface area contributed by atoms with Crippen molar-refractivity contribution in [2.24, 2.45) is 4.99 Å². The van der Waals surface area contributed by atoms with E-state index in [9.17, 15) is 4.79 Å². The summed E-state index contributed by atoms with van der Waals surface area (Å²) in [7, 11) is 4.08. The van der Waals surface area contributed by atoms with Crippen molar-refractivity contribution in [2.75, 3.05) is 21.3 Å². The normalized spacial score (nSPS) is 10.2. The van der Waals surface area contributed by atoms with Crippen LogP contribution in [0, 0.1) is 0 Å². The molecule has 0 bridgehead atoms. The van der Waals surface area contributed by atoms with Crippen LogP contribution in [0.2, 0.25) is 0 Å². The summed E-state index contributed by atoms with van der Waals surface area (Å²) < 4.78 is 14.9. The maximum Gasteiger partial charge on any atom is 0.345 e. The lowest BCUT2D eigenvalue weighted by atomic mass is 10.1. The van der Waals surface area contributed by atoms with Crippen molar-refractivity contribution in [3.63, 3.8) is 0 Å². The molecule has 0 radical (unpaired) electrons. The number of rotatable bonds is 5. The van der Waals surface area contributed by atoms with Crippen LogP contribution in [0.3, 0.4) is 0 Å². The number of benzene rings is 1. The fourth-order valence-corrected chi connectivity index (χ4v) is 1.43. The van der Waals surface area contributed by atoms with Crippen molar-refractivity contribution < 1.29 is 24.2 Å². The van der Waals surface area contributed by atoms with Crippen LogP contribution in [0.4, 0.5) is 5.69 Å². The number of aliphatic imine (C=N–C) groups is 1. The average molecular weight is 254 g/mol. The molecular weight excluding hydrogens is 240 g/mol. The molecule has 0 aromatic heterocycles. The van der Waals surface area contributed by atoms with E-state index in [1.165, 1.54) is 21.3 Å². The highest BCUT2D eigenvalue weighted by Gasteiger charge is 2.22. The Labute approximate surface area is 104 Å². The number of carbonyl (C=O) groups is 1. The summed E-state index contributed by atoms with van der Waals surface area (Å²) in [6.45, 7) is 0. The van der Waals surface area contributed by atoms with Gasteiger partial charge in [0.15, 0.2) is 5.75 Å². The number of ether oxygens (including phenoxy) is 3. The Morgan fingerprint density at radius 3 is 2.56 bits per heavy atom. The van der Waals surface area contributed by atoms with Gasteiger partial charge < -0.3 is 14.2 Å². The van der Waals surface area contributed by atoms with Gasteiger partial charge in [-0.2, -0.15) is 0 Å². The van der Waals surface area contributed by atoms with Gasteiger partial charge in [-0.1, -0.05) is 0 Å². The molecule has 0 aliphatic carbocycles. The third kappa shape index (κ3) is 2.69. The van der Waals surface area contributed by atoms with Crippen molar-refractivity contribution in [1.29, 1.82) is 0 Å². The van der Waals surface area contributed by atoms with E-state index in [1.807, 2.05) is 0 Å². The van der Waals surface area contributed by atoms with Crippen LogP contribution in [-0.2, 0) is 4.74 Å². The van der Waals surface area contributed by atoms with Crippen molar-refractivity contribution in [2.45, 2.75) is 0 Å². The number of methoxy groups -OCH3 is 3. The number of hydroxylamine groups is 1. The molecule has 0 amide bonds. The van der Waals surface area contributed by atoms with E-state index in [4.69, 9.17) is 14.7 Å². The lowest BCUT2D eigenvalue weighted by molar-refractivity contribution is 0.0593. The first kappa shape index (κ1) is 13.8. The summed E-state index contributed by atoms with van der Waals surface area (Å²) in [5.74, 6) is -0.0833. The Bertz CT molecular complexity index is 459. The van der Waals surface area contributed by atoms with Crippen LogP contribution in [0.5, 0.6) is 11.5 Å². The molecule has 1 aromatic carbocycles. The molecule has 7 heteroatoms. The molecule has 0 atom stereocenters. The second kappa shape index (κ2) is 6.45. The summed E-state index contributed by atoms with van der Waals surface area (Å²) in [6, 6.07) is 3.14. The summed E-state index contributed by atoms with van der Waals surface area (Å²) in [4.78, 5) is 15.6. The molecule has 0 fully saturated rings. The standard InChI is InChI=1S/C11H14N2O5/c1-16-8-5-4-7(12-6-13-15)10(17-2)9(8)11(14)18-3/h4-6,15H,1-3H3,(H,12,13). The van der Waals surface area contributed by atoms with Gasteiger partial charge in [-0.3, -0.25) is 10.7 Å². The van der Waals surface area contributed by atoms with Gasteiger partial charge in [0.2, 0.25) is 0 Å². The summed E-state index contributed by atoms with van der Waals surface area (Å²) >= 11 is 0. The van der Waals surface area contributed by atoms with Crippen LogP contribution in [0.1, 0.15) is 10.4 Å². The number of nitrogens with one attached hydrogen (secondary N) is 1. The molecule has 0 aliphatic heterocycles. The van der Waals surface area contributed by atoms with E-state index in [0.717, 1.165) is 6.34 Å². The first-order valence-electron chi connectivity index (χ1n) is 4.95. The minimum Gasteiger partial charge on any atom is -0.496 e. The zero-order chi connectivity index (χ0) is 13.5. The fraction of sp³-hybridized carbons (Fsp3) is 0.273. The maximum atomic E-state index is 11.7. The number of nitrogens with zero attached hydrogens (tertiary/aromatic N) is 1. The van der Waals surface area contributed by atoms with Gasteiger partial charge in [0.25, 0.3) is 0 Å². The van der Waals surface area contributed by atoms with E-state index < -0.39 is 5.97 Å². The fourth-order valence-electron chi connectivity index (χ4n) is 1.43. The third-order valence-electron chi connectivity index (χ3n) is 2.17. The van der Waals surface area contributed by atoms with Gasteiger partial charge in [0.05, 0.1) is 21.3 Å². The van der Waals surface area contributed by atoms with Gasteiger partial charge >= 0.3 is 5.97 Å². The quantitative estimate of drug-likeness (QED) is 0.354. The molecule has 18 heavy (non-hydrogen) atoms. The number of esters is 1. The van der Waals surface area contributed by atoms with Crippen LogP contribution in [0.25, 0.3) is 0 Å². The molecular formula is C11H14N2O5. The minimum atomic E-state index is -0.599. The number of carbonyl (C=O) groups excluding carboxylic acids is 1. The van der Waals surface area contributed by atoms with Crippen LogP contribution >= 0.6 is 0 Å². The molecule has 0 unspecified atom stereocenters. The molecule has 7 nitrogen and oxygen atoms in total. The zero-order valence-corrected chi connectivity index (χ0v) is 10.3. The largest absolute Gasteiger partial charge is 0.496 e. The van der Waals surface area contributed by atoms with Crippen molar-refractivity contribution in [1.82, 2.24) is 5.48 Å². The second-order valence-corrected chi connectivity index (χ2v) is 3.07. The van der Waals surface area contributed by atoms with Crippen LogP contribution in [0.15, 0.2) is 17.1 Å². The first-order chi connectivity index (χ1) is 8.69. The van der Waals surface area contributed by atoms with E-state index >= 15 is 0 Å². The average Bonchev–Trinajstić information content (AvgIpc) is 2.42. The number of hydrogen-bond donors (Lipinski definition) is 2. The van der Waals surface area contributed by atoms with Gasteiger partial charge in [0.1, 0.15) is 23.3 Å². The summed E-state index contributed by atoms with van der Waals surface area (Å²) in [6.07, 6.45) is 1.05. The minimum absolute atomic E-state index is 0.134. The summed E-state index contributed by atoms with van der Waals surface area (Å²) in [5, 5.41) is 8.46. The first-order valence-corrected chi connectivity index (χ1v) is 4.95. The Hall–Kier alpha value is -2.28. The Morgan fingerprint density at radius 1 is 1.33 bits per heavy atom. The highest BCUT2D eigenvalue weighted by Crippen LogP contribution is 2.37. The Balaban J connectivity index is 3.41. The predicted molar refractivity (Wildman–Crippen MR) is 64.0 cm³/mol. The molecule has 98 valence electrons. The van der Waals surface area contributed by atoms with Gasteiger partial charge in [-0.15, -0.1) is 0 Å². The van der Waals surface area contributed by atoms with E-state index in [-0.39, 0.29) is 11.3 Å². The third-order valence-corrected chi connectivity index (χ3v) is 2.17. The molecule has 1 aromatic rings. The molecule has 0 aliphatic rings. The van der Waals surface area contributed by atoms with E-state index in [1.54, 1.807) is 17.6 Å². The monoisotopic (exact) mass is 254 g/mol. The predicted octanol–water partition coefficient (Wildman–Crippen LogP) is 1.13. The molecule has 2 N–H and O–H groups in total. The summed E-state index contributed by atoms with van der Waals surface area (Å²) in [5.41, 5.74) is 2.25. The Morgan fingerprint density at radius 2 is 2.06 bits per heavy atom. The molecule has 0 spiro atoms. The maximum absolute atomic E-state index is 11.7. The topological polar surface area (TPSA) is 89.4 Å². The number of hydrogen-bond acceptors (Lipinski definition) is 6. The van der Waals surface area contributed by atoms with Gasteiger partial charge in [-0.25, -0.2) is 9.79 Å². The molecule has 0 saturated carbocycles. The van der Waals surface area contributed by atoms with Crippen molar-refractivity contribution in [3.05, 3.63) is 17.7 Å². The SMILES string of the molecule is COC(=O)c1c(OC)ccc(N=CNO)c1OC. The van der Waals surface area contributed by atoms with Crippen molar-refractivity contribution in [3.8, 4) is 11.5 Å². The van der Waals surface area contributed by atoms with Crippen LogP contribution in [-0.4, -0.2) is 38.8 Å². The highest BCUT2D eigenvalue weighted by molar-refractivity contribution is 5.97. The van der Waals surface area contributed by atoms with E-state index in [2.05, 4.69) is 9.73 Å². The molecule has 0 heterocycles. The molecule has 1 rings (SSSR count). The lowest BCUT2D eigenvalue weighted by Crippen LogP contribution is -2.07. The highest BCUT2D eigenvalue weighted by atomic mass is 16.5. The Kier molecular flexibility index (Phi) is 4.94. The lowest BCUT2D eigenvalue weighted by Gasteiger charge is -2.13. The van der Waals surface area contributed by atoms with E-state index in [0.29, 0.717) is 11.4 Å². The van der Waals surface area contributed by atoms with Gasteiger partial charge in [-0.05, 0) is 12.1 Å².